The van der Waals surface area contributed by atoms with Crippen molar-refractivity contribution in [2.24, 2.45) is 34.5 Å². The fourth-order valence-electron chi connectivity index (χ4n) is 10.3. The van der Waals surface area contributed by atoms with E-state index in [4.69, 9.17) is 22.3 Å². The molecule has 2 nitrogen and oxygen atoms in total. The second-order valence-electron chi connectivity index (χ2n) is 11.8. The third kappa shape index (κ3) is 2.38. The molecule has 0 heterocycles. The van der Waals surface area contributed by atoms with Gasteiger partial charge in [0.25, 0.3) is 0 Å². The number of rotatable bonds is 5. The zero-order valence-corrected chi connectivity index (χ0v) is 17.2. The van der Waals surface area contributed by atoms with E-state index in [-0.39, 0.29) is 11.2 Å². The molecule has 0 radical (unpaired) electrons. The van der Waals surface area contributed by atoms with Crippen molar-refractivity contribution in [1.82, 2.24) is 0 Å². The predicted octanol–water partition coefficient (Wildman–Crippen LogP) is 4.96. The van der Waals surface area contributed by atoms with Crippen molar-refractivity contribution < 1.29 is 9.47 Å². The van der Waals surface area contributed by atoms with Crippen molar-refractivity contribution in [3.05, 3.63) is 0 Å². The van der Waals surface area contributed by atoms with Crippen LogP contribution in [0.5, 0.6) is 0 Å². The number of hydrogen-bond donors (Lipinski definition) is 0. The highest BCUT2D eigenvalue weighted by Crippen LogP contribution is 2.76. The van der Waals surface area contributed by atoms with E-state index >= 15 is 0 Å². The average Bonchev–Trinajstić information content (AvgIpc) is 2.63. The van der Waals surface area contributed by atoms with Gasteiger partial charge in [0.15, 0.2) is 0 Å². The Morgan fingerprint density at radius 1 is 0.607 bits per heavy atom. The van der Waals surface area contributed by atoms with Crippen LogP contribution in [0.25, 0.3) is 0 Å². The first-order valence-corrected chi connectivity index (χ1v) is 11.7. The summed E-state index contributed by atoms with van der Waals surface area (Å²) in [5, 5.41) is 0. The molecule has 8 aliphatic carbocycles. The molecular weight excluding hydrogens is 344 g/mol. The van der Waals surface area contributed by atoms with Crippen LogP contribution < -0.4 is 0 Å². The summed E-state index contributed by atoms with van der Waals surface area (Å²) in [6.45, 7) is 0.879. The van der Waals surface area contributed by atoms with Crippen LogP contribution in [0, 0.1) is 59.2 Å². The first-order valence-electron chi connectivity index (χ1n) is 11.7. The first-order chi connectivity index (χ1) is 13.5. The molecule has 8 bridgehead atoms. The van der Waals surface area contributed by atoms with Gasteiger partial charge in [0.05, 0.1) is 11.2 Å². The zero-order chi connectivity index (χ0) is 19.0. The molecule has 2 heteroatoms. The molecule has 0 N–H and O–H groups in total. The van der Waals surface area contributed by atoms with Crippen LogP contribution in [0.2, 0.25) is 0 Å². The minimum atomic E-state index is -0.0658. The fourth-order valence-corrected chi connectivity index (χ4v) is 10.3. The molecule has 8 saturated carbocycles. The van der Waals surface area contributed by atoms with E-state index in [0.29, 0.717) is 24.0 Å². The van der Waals surface area contributed by atoms with Crippen LogP contribution in [-0.2, 0) is 9.47 Å². The van der Waals surface area contributed by atoms with Crippen molar-refractivity contribution in [1.29, 1.82) is 0 Å². The molecule has 8 rings (SSSR count). The zero-order valence-electron chi connectivity index (χ0n) is 17.2. The molecule has 0 amide bonds. The predicted molar refractivity (Wildman–Crippen MR) is 109 cm³/mol. The van der Waals surface area contributed by atoms with Gasteiger partial charge in [-0.2, -0.15) is 0 Å². The smallest absolute Gasteiger partial charge is 0.108 e. The van der Waals surface area contributed by atoms with E-state index in [1.54, 1.807) is 0 Å². The summed E-state index contributed by atoms with van der Waals surface area (Å²) in [5.74, 6) is 9.19. The summed E-state index contributed by atoms with van der Waals surface area (Å²) >= 11 is 0. The van der Waals surface area contributed by atoms with Gasteiger partial charge in [0.1, 0.15) is 13.2 Å². The molecule has 0 aromatic carbocycles. The summed E-state index contributed by atoms with van der Waals surface area (Å²) in [6.07, 6.45) is 27.4. The Kier molecular flexibility index (Phi) is 3.70. The van der Waals surface area contributed by atoms with Gasteiger partial charge >= 0.3 is 0 Å². The average molecular weight is 379 g/mol. The molecule has 2 atom stereocenters. The summed E-state index contributed by atoms with van der Waals surface area (Å²) < 4.78 is 13.0. The Morgan fingerprint density at radius 2 is 1.07 bits per heavy atom. The summed E-state index contributed by atoms with van der Waals surface area (Å²) in [4.78, 5) is 0. The molecule has 0 aromatic heterocycles. The molecular formula is C26H34O2. The number of hydrogen-bond acceptors (Lipinski definition) is 2. The third-order valence-electron chi connectivity index (χ3n) is 10.1. The minimum Gasteiger partial charge on any atom is -0.362 e. The monoisotopic (exact) mass is 378 g/mol. The lowest BCUT2D eigenvalue weighted by atomic mass is 9.33. The minimum absolute atomic E-state index is 0.0658. The summed E-state index contributed by atoms with van der Waals surface area (Å²) in [7, 11) is 0. The maximum absolute atomic E-state index is 6.52. The Labute approximate surface area is 170 Å². The molecule has 0 spiro atoms. The highest BCUT2D eigenvalue weighted by Gasteiger charge is 2.71. The highest BCUT2D eigenvalue weighted by atomic mass is 16.5. The molecule has 0 saturated heterocycles. The molecule has 2 unspecified atom stereocenters. The van der Waals surface area contributed by atoms with Gasteiger partial charge in [-0.25, -0.2) is 0 Å². The van der Waals surface area contributed by atoms with Gasteiger partial charge in [0.2, 0.25) is 0 Å². The van der Waals surface area contributed by atoms with Crippen LogP contribution in [0.1, 0.15) is 77.0 Å². The van der Waals surface area contributed by atoms with E-state index in [0.717, 1.165) is 30.1 Å². The van der Waals surface area contributed by atoms with Gasteiger partial charge in [-0.05, 0) is 105 Å². The normalized spacial score (nSPS) is 55.2. The van der Waals surface area contributed by atoms with Crippen LogP contribution in [-0.4, -0.2) is 24.4 Å². The van der Waals surface area contributed by atoms with Crippen LogP contribution in [0.4, 0.5) is 0 Å². The third-order valence-corrected chi connectivity index (χ3v) is 10.1. The van der Waals surface area contributed by atoms with E-state index in [1.807, 2.05) is 0 Å². The van der Waals surface area contributed by atoms with Crippen molar-refractivity contribution in [2.75, 3.05) is 13.2 Å². The topological polar surface area (TPSA) is 18.5 Å². The molecule has 0 aliphatic heterocycles. The lowest BCUT2D eigenvalue weighted by Crippen LogP contribution is -2.70. The van der Waals surface area contributed by atoms with Crippen LogP contribution in [0.15, 0.2) is 0 Å². The van der Waals surface area contributed by atoms with E-state index < -0.39 is 0 Å². The first kappa shape index (κ1) is 17.9. The standard InChI is InChI=1S/C26H34O2/c1-3-5-27-25-14-22-13-24(16-25,17-26(15-22,18-25)28-6-4-2)23-10-19-7-20(11-23)9-21(8-19)12-23/h1-2,19-22H,5-18H2. The Hall–Kier alpha value is -0.960. The van der Waals surface area contributed by atoms with Gasteiger partial charge in [-0.15, -0.1) is 12.8 Å². The second-order valence-corrected chi connectivity index (χ2v) is 11.8. The van der Waals surface area contributed by atoms with Crippen molar-refractivity contribution in [2.45, 2.75) is 88.3 Å². The maximum Gasteiger partial charge on any atom is 0.108 e. The van der Waals surface area contributed by atoms with E-state index in [1.165, 1.54) is 70.6 Å². The van der Waals surface area contributed by atoms with Gasteiger partial charge in [0, 0.05) is 6.42 Å². The Balaban J connectivity index is 1.41. The number of terminal acetylenes is 2. The largest absolute Gasteiger partial charge is 0.362 e. The van der Waals surface area contributed by atoms with Crippen LogP contribution >= 0.6 is 0 Å². The molecule has 0 aromatic rings. The quantitative estimate of drug-likeness (QED) is 0.629. The van der Waals surface area contributed by atoms with Crippen LogP contribution in [0.3, 0.4) is 0 Å². The SMILES string of the molecule is C#CCOC12CC3CC(OCC#C)(C1)CC(C14CC5CC(CC(C5)C1)C4)(C3)C2. The highest BCUT2D eigenvalue weighted by molar-refractivity contribution is 5.22. The number of ether oxygens (including phenoxy) is 2. The maximum atomic E-state index is 6.52. The molecule has 28 heavy (non-hydrogen) atoms. The van der Waals surface area contributed by atoms with Gasteiger partial charge in [-0.3, -0.25) is 0 Å². The molecule has 8 fully saturated rings. The fraction of sp³-hybridized carbons (Fsp3) is 0.846. The van der Waals surface area contributed by atoms with Crippen molar-refractivity contribution >= 4 is 0 Å². The molecule has 8 aliphatic rings. The van der Waals surface area contributed by atoms with Gasteiger partial charge in [-0.1, -0.05) is 11.8 Å². The Bertz CT molecular complexity index is 682. The second kappa shape index (κ2) is 5.80. The van der Waals surface area contributed by atoms with E-state index in [9.17, 15) is 0 Å². The van der Waals surface area contributed by atoms with Gasteiger partial charge < -0.3 is 9.47 Å². The lowest BCUT2D eigenvalue weighted by molar-refractivity contribution is -0.297. The van der Waals surface area contributed by atoms with E-state index in [2.05, 4.69) is 11.8 Å². The Morgan fingerprint density at radius 3 is 1.54 bits per heavy atom. The van der Waals surface area contributed by atoms with Crippen molar-refractivity contribution in [3.63, 3.8) is 0 Å². The summed E-state index contributed by atoms with van der Waals surface area (Å²) in [5.41, 5.74) is 0.801. The van der Waals surface area contributed by atoms with Crippen molar-refractivity contribution in [3.8, 4) is 24.7 Å². The molecule has 150 valence electrons. The summed E-state index contributed by atoms with van der Waals surface area (Å²) in [6, 6.07) is 0. The lowest BCUT2D eigenvalue weighted by Gasteiger charge is -2.73.